The van der Waals surface area contributed by atoms with E-state index in [9.17, 15) is 18.5 Å². The van der Waals surface area contributed by atoms with Crippen LogP contribution in [0.25, 0.3) is 0 Å². The molecule has 0 saturated carbocycles. The molecule has 8 heteroatoms. The Morgan fingerprint density at radius 3 is 2.30 bits per heavy atom. The minimum Gasteiger partial charge on any atom is -0.296 e. The highest BCUT2D eigenvalue weighted by atomic mass is 32.2. The molecule has 3 rings (SSSR count). The SMILES string of the molecule is Cc1ccccc1CN1CCN(S(=O)(=O)c2ccc(C)c([N+](=O)[O-])c2)CC1. The Kier molecular flexibility index (Phi) is 5.59. The zero-order valence-corrected chi connectivity index (χ0v) is 16.3. The van der Waals surface area contributed by atoms with Crippen molar-refractivity contribution in [3.63, 3.8) is 0 Å². The van der Waals surface area contributed by atoms with Gasteiger partial charge < -0.3 is 0 Å². The lowest BCUT2D eigenvalue weighted by Crippen LogP contribution is -2.48. The van der Waals surface area contributed by atoms with Crippen LogP contribution in [0.1, 0.15) is 16.7 Å². The van der Waals surface area contributed by atoms with Crippen LogP contribution < -0.4 is 0 Å². The van der Waals surface area contributed by atoms with Gasteiger partial charge >= 0.3 is 0 Å². The molecule has 1 aliphatic heterocycles. The van der Waals surface area contributed by atoms with E-state index < -0.39 is 14.9 Å². The lowest BCUT2D eigenvalue weighted by atomic mass is 10.1. The fourth-order valence-electron chi connectivity index (χ4n) is 3.25. The van der Waals surface area contributed by atoms with Crippen molar-refractivity contribution in [2.75, 3.05) is 26.2 Å². The summed E-state index contributed by atoms with van der Waals surface area (Å²) in [7, 11) is -3.74. The highest BCUT2D eigenvalue weighted by Gasteiger charge is 2.30. The maximum Gasteiger partial charge on any atom is 0.273 e. The van der Waals surface area contributed by atoms with Crippen molar-refractivity contribution in [2.45, 2.75) is 25.3 Å². The first kappa shape index (κ1) is 19.5. The van der Waals surface area contributed by atoms with Gasteiger partial charge in [0.05, 0.1) is 9.82 Å². The van der Waals surface area contributed by atoms with E-state index in [0.29, 0.717) is 31.7 Å². The first-order valence-corrected chi connectivity index (χ1v) is 10.2. The van der Waals surface area contributed by atoms with Gasteiger partial charge in [0, 0.05) is 44.4 Å². The van der Waals surface area contributed by atoms with Gasteiger partial charge in [-0.3, -0.25) is 15.0 Å². The molecule has 0 spiro atoms. The molecule has 144 valence electrons. The van der Waals surface area contributed by atoms with Crippen LogP contribution in [0, 0.1) is 24.0 Å². The second kappa shape index (κ2) is 7.75. The van der Waals surface area contributed by atoms with Gasteiger partial charge in [0.15, 0.2) is 0 Å². The molecule has 0 unspecified atom stereocenters. The third-order valence-electron chi connectivity index (χ3n) is 5.00. The smallest absolute Gasteiger partial charge is 0.273 e. The van der Waals surface area contributed by atoms with Crippen LogP contribution in [0.3, 0.4) is 0 Å². The van der Waals surface area contributed by atoms with E-state index in [4.69, 9.17) is 0 Å². The van der Waals surface area contributed by atoms with Crippen LogP contribution in [0.2, 0.25) is 0 Å². The van der Waals surface area contributed by atoms with Crippen molar-refractivity contribution in [1.29, 1.82) is 0 Å². The van der Waals surface area contributed by atoms with Crippen LogP contribution >= 0.6 is 0 Å². The van der Waals surface area contributed by atoms with Gasteiger partial charge in [0.2, 0.25) is 10.0 Å². The van der Waals surface area contributed by atoms with Gasteiger partial charge in [-0.1, -0.05) is 30.3 Å². The van der Waals surface area contributed by atoms with Crippen molar-refractivity contribution in [3.05, 3.63) is 69.3 Å². The second-order valence-electron chi connectivity index (χ2n) is 6.81. The van der Waals surface area contributed by atoms with Gasteiger partial charge in [-0.25, -0.2) is 8.42 Å². The van der Waals surface area contributed by atoms with E-state index in [2.05, 4.69) is 24.0 Å². The lowest BCUT2D eigenvalue weighted by molar-refractivity contribution is -0.385. The molecule has 1 fully saturated rings. The largest absolute Gasteiger partial charge is 0.296 e. The molecular weight excluding hydrogens is 366 g/mol. The second-order valence-corrected chi connectivity index (χ2v) is 8.75. The Morgan fingerprint density at radius 2 is 1.67 bits per heavy atom. The van der Waals surface area contributed by atoms with E-state index in [-0.39, 0.29) is 10.6 Å². The summed E-state index contributed by atoms with van der Waals surface area (Å²) in [4.78, 5) is 12.8. The molecule has 0 atom stereocenters. The van der Waals surface area contributed by atoms with Crippen LogP contribution in [0.5, 0.6) is 0 Å². The highest BCUT2D eigenvalue weighted by Crippen LogP contribution is 2.25. The number of rotatable bonds is 5. The zero-order chi connectivity index (χ0) is 19.6. The fraction of sp³-hybridized carbons (Fsp3) is 0.368. The summed E-state index contributed by atoms with van der Waals surface area (Å²) in [5.74, 6) is 0. The number of piperazine rings is 1. The van der Waals surface area contributed by atoms with Crippen molar-refractivity contribution < 1.29 is 13.3 Å². The molecule has 1 heterocycles. The molecule has 0 radical (unpaired) electrons. The number of nitrogens with zero attached hydrogens (tertiary/aromatic N) is 3. The predicted octanol–water partition coefficient (Wildman–Crippen LogP) is 2.72. The summed E-state index contributed by atoms with van der Waals surface area (Å²) in [5, 5.41) is 11.1. The van der Waals surface area contributed by atoms with Crippen LogP contribution in [0.15, 0.2) is 47.4 Å². The highest BCUT2D eigenvalue weighted by molar-refractivity contribution is 7.89. The third-order valence-corrected chi connectivity index (χ3v) is 6.90. The summed E-state index contributed by atoms with van der Waals surface area (Å²) in [5.41, 5.74) is 2.73. The van der Waals surface area contributed by atoms with E-state index in [1.807, 2.05) is 12.1 Å². The Balaban J connectivity index is 1.71. The number of nitro groups is 1. The topological polar surface area (TPSA) is 83.8 Å². The van der Waals surface area contributed by atoms with Crippen molar-refractivity contribution >= 4 is 15.7 Å². The van der Waals surface area contributed by atoms with Crippen molar-refractivity contribution in [2.24, 2.45) is 0 Å². The average molecular weight is 389 g/mol. The van der Waals surface area contributed by atoms with Crippen LogP contribution in [-0.2, 0) is 16.6 Å². The van der Waals surface area contributed by atoms with Crippen molar-refractivity contribution in [3.8, 4) is 0 Å². The molecule has 0 aromatic heterocycles. The summed E-state index contributed by atoms with van der Waals surface area (Å²) < 4.78 is 27.2. The minimum atomic E-state index is -3.74. The quantitative estimate of drug-likeness (QED) is 0.580. The molecular formula is C19H23N3O4S. The number of benzene rings is 2. The maximum absolute atomic E-state index is 12.9. The average Bonchev–Trinajstić information content (AvgIpc) is 2.64. The fourth-order valence-corrected chi connectivity index (χ4v) is 4.69. The van der Waals surface area contributed by atoms with Gasteiger partial charge in [-0.2, -0.15) is 4.31 Å². The van der Waals surface area contributed by atoms with Gasteiger partial charge in [0.1, 0.15) is 0 Å². The van der Waals surface area contributed by atoms with Crippen LogP contribution in [0.4, 0.5) is 5.69 Å². The molecule has 2 aromatic carbocycles. The molecule has 1 saturated heterocycles. The molecule has 0 bridgehead atoms. The van der Waals surface area contributed by atoms with E-state index in [0.717, 1.165) is 12.6 Å². The van der Waals surface area contributed by atoms with Gasteiger partial charge in [-0.15, -0.1) is 0 Å². The Hall–Kier alpha value is -2.29. The van der Waals surface area contributed by atoms with E-state index in [1.165, 1.54) is 27.6 Å². The minimum absolute atomic E-state index is 0.0212. The third kappa shape index (κ3) is 4.18. The first-order chi connectivity index (χ1) is 12.8. The number of sulfonamides is 1. The van der Waals surface area contributed by atoms with E-state index >= 15 is 0 Å². The Bertz CT molecular complexity index is 951. The predicted molar refractivity (Wildman–Crippen MR) is 103 cm³/mol. The normalized spacial score (nSPS) is 16.4. The summed E-state index contributed by atoms with van der Waals surface area (Å²) in [6.07, 6.45) is 0. The van der Waals surface area contributed by atoms with Crippen LogP contribution in [-0.4, -0.2) is 48.7 Å². The molecule has 1 aliphatic rings. The standard InChI is InChI=1S/C19H23N3O4S/c1-15-5-3-4-6-17(15)14-20-9-11-21(12-10-20)27(25,26)18-8-7-16(2)19(13-18)22(23)24/h3-8,13H,9-12,14H2,1-2H3. The monoisotopic (exact) mass is 389 g/mol. The van der Waals surface area contributed by atoms with Crippen molar-refractivity contribution in [1.82, 2.24) is 9.21 Å². The number of aryl methyl sites for hydroxylation is 2. The number of hydrogen-bond acceptors (Lipinski definition) is 5. The van der Waals surface area contributed by atoms with Gasteiger partial charge in [-0.05, 0) is 31.0 Å². The molecule has 0 N–H and O–H groups in total. The molecule has 7 nitrogen and oxygen atoms in total. The number of hydrogen-bond donors (Lipinski definition) is 0. The van der Waals surface area contributed by atoms with Gasteiger partial charge in [0.25, 0.3) is 5.69 Å². The number of nitro benzene ring substituents is 1. The summed E-state index contributed by atoms with van der Waals surface area (Å²) in [6, 6.07) is 12.3. The maximum atomic E-state index is 12.9. The summed E-state index contributed by atoms with van der Waals surface area (Å²) in [6.45, 7) is 6.45. The molecule has 2 aromatic rings. The molecule has 27 heavy (non-hydrogen) atoms. The molecule has 0 aliphatic carbocycles. The molecule has 0 amide bonds. The zero-order valence-electron chi connectivity index (χ0n) is 15.5. The lowest BCUT2D eigenvalue weighted by Gasteiger charge is -2.34. The van der Waals surface area contributed by atoms with E-state index in [1.54, 1.807) is 6.92 Å². The first-order valence-electron chi connectivity index (χ1n) is 8.81. The Morgan fingerprint density at radius 1 is 1.00 bits per heavy atom. The summed E-state index contributed by atoms with van der Waals surface area (Å²) >= 11 is 0. The Labute approximate surface area is 159 Å².